The van der Waals surface area contributed by atoms with Gasteiger partial charge in [-0.3, -0.25) is 9.59 Å². The molecule has 1 heterocycles. The Morgan fingerprint density at radius 2 is 1.79 bits per heavy atom. The molecular weight excluding hydrogens is 416 g/mol. The third-order valence-corrected chi connectivity index (χ3v) is 6.07. The summed E-state index contributed by atoms with van der Waals surface area (Å²) in [6.45, 7) is 7.34. The van der Waals surface area contributed by atoms with Crippen molar-refractivity contribution in [3.8, 4) is 5.75 Å². The molecule has 1 aliphatic rings. The molecule has 6 heteroatoms. The SMILES string of the molecule is COc1ccc(C)cc1/C(O)=C1\C(=O)C(=O)N(CCCN(C)C)C1c1ccc(C(C)C)cc1. The Kier molecular flexibility index (Phi) is 7.59. The molecule has 1 saturated heterocycles. The molecule has 0 bridgehead atoms. The minimum atomic E-state index is -0.668. The van der Waals surface area contributed by atoms with Crippen LogP contribution in [0.2, 0.25) is 0 Å². The number of likely N-dealkylation sites (tertiary alicyclic amines) is 1. The average molecular weight is 451 g/mol. The van der Waals surface area contributed by atoms with Crippen LogP contribution in [0.3, 0.4) is 0 Å². The zero-order valence-corrected chi connectivity index (χ0v) is 20.4. The lowest BCUT2D eigenvalue weighted by Crippen LogP contribution is -2.32. The summed E-state index contributed by atoms with van der Waals surface area (Å²) in [6.07, 6.45) is 0.717. The van der Waals surface area contributed by atoms with E-state index in [1.807, 2.05) is 56.3 Å². The molecule has 1 N–H and O–H groups in total. The maximum absolute atomic E-state index is 13.2. The van der Waals surface area contributed by atoms with Gasteiger partial charge in [0.1, 0.15) is 11.5 Å². The van der Waals surface area contributed by atoms with Crippen molar-refractivity contribution in [3.05, 3.63) is 70.3 Å². The largest absolute Gasteiger partial charge is 0.507 e. The first kappa shape index (κ1) is 24.5. The van der Waals surface area contributed by atoms with Crippen LogP contribution < -0.4 is 4.74 Å². The normalized spacial score (nSPS) is 17.9. The predicted molar refractivity (Wildman–Crippen MR) is 130 cm³/mol. The Labute approximate surface area is 196 Å². The van der Waals surface area contributed by atoms with E-state index in [2.05, 4.69) is 13.8 Å². The summed E-state index contributed by atoms with van der Waals surface area (Å²) in [6, 6.07) is 12.7. The van der Waals surface area contributed by atoms with Crippen LogP contribution in [0.1, 0.15) is 54.5 Å². The second-order valence-corrected chi connectivity index (χ2v) is 9.17. The summed E-state index contributed by atoms with van der Waals surface area (Å²) in [7, 11) is 5.46. The number of amides is 1. The van der Waals surface area contributed by atoms with Crippen molar-refractivity contribution in [3.63, 3.8) is 0 Å². The predicted octanol–water partition coefficient (Wildman–Crippen LogP) is 4.50. The van der Waals surface area contributed by atoms with Crippen LogP contribution in [-0.4, -0.2) is 60.9 Å². The van der Waals surface area contributed by atoms with Crippen molar-refractivity contribution in [2.24, 2.45) is 0 Å². The number of carbonyl (C=O) groups excluding carboxylic acids is 2. The molecule has 0 saturated carbocycles. The quantitative estimate of drug-likeness (QED) is 0.364. The van der Waals surface area contributed by atoms with Crippen LogP contribution in [-0.2, 0) is 9.59 Å². The van der Waals surface area contributed by atoms with E-state index in [4.69, 9.17) is 4.74 Å². The number of nitrogens with zero attached hydrogens (tertiary/aromatic N) is 2. The number of hydrogen-bond acceptors (Lipinski definition) is 5. The van der Waals surface area contributed by atoms with Crippen LogP contribution >= 0.6 is 0 Å². The smallest absolute Gasteiger partial charge is 0.295 e. The van der Waals surface area contributed by atoms with Crippen molar-refractivity contribution >= 4 is 17.4 Å². The fourth-order valence-corrected chi connectivity index (χ4v) is 4.23. The van der Waals surface area contributed by atoms with E-state index in [1.165, 1.54) is 12.7 Å². The molecule has 2 aromatic carbocycles. The Bertz CT molecular complexity index is 1050. The fourth-order valence-electron chi connectivity index (χ4n) is 4.23. The van der Waals surface area contributed by atoms with Crippen LogP contribution in [0.15, 0.2) is 48.0 Å². The maximum atomic E-state index is 13.2. The summed E-state index contributed by atoms with van der Waals surface area (Å²) >= 11 is 0. The highest BCUT2D eigenvalue weighted by molar-refractivity contribution is 6.46. The topological polar surface area (TPSA) is 70.1 Å². The average Bonchev–Trinajstić information content (AvgIpc) is 3.03. The molecule has 1 amide bonds. The molecule has 0 radical (unpaired) electrons. The first-order valence-corrected chi connectivity index (χ1v) is 11.3. The van der Waals surface area contributed by atoms with Gasteiger partial charge in [0.25, 0.3) is 11.7 Å². The summed E-state index contributed by atoms with van der Waals surface area (Å²) in [5.41, 5.74) is 3.40. The number of methoxy groups -OCH3 is 1. The molecule has 6 nitrogen and oxygen atoms in total. The molecule has 0 spiro atoms. The second-order valence-electron chi connectivity index (χ2n) is 9.17. The number of rotatable bonds is 8. The van der Waals surface area contributed by atoms with Gasteiger partial charge in [0.15, 0.2) is 0 Å². The summed E-state index contributed by atoms with van der Waals surface area (Å²) in [5.74, 6) is -0.645. The Morgan fingerprint density at radius 1 is 1.12 bits per heavy atom. The Balaban J connectivity index is 2.15. The summed E-state index contributed by atoms with van der Waals surface area (Å²) < 4.78 is 5.43. The van der Waals surface area contributed by atoms with Gasteiger partial charge < -0.3 is 19.6 Å². The van der Waals surface area contributed by atoms with Gasteiger partial charge >= 0.3 is 0 Å². The highest BCUT2D eigenvalue weighted by atomic mass is 16.5. The van der Waals surface area contributed by atoms with Crippen LogP contribution in [0, 0.1) is 6.92 Å². The third kappa shape index (κ3) is 5.11. The van der Waals surface area contributed by atoms with Crippen LogP contribution in [0.5, 0.6) is 5.75 Å². The van der Waals surface area contributed by atoms with Crippen LogP contribution in [0.4, 0.5) is 0 Å². The van der Waals surface area contributed by atoms with Crippen molar-refractivity contribution in [2.45, 2.75) is 39.2 Å². The monoisotopic (exact) mass is 450 g/mol. The molecule has 1 fully saturated rings. The zero-order chi connectivity index (χ0) is 24.3. The lowest BCUT2D eigenvalue weighted by Gasteiger charge is -2.26. The summed E-state index contributed by atoms with van der Waals surface area (Å²) in [4.78, 5) is 29.9. The molecule has 33 heavy (non-hydrogen) atoms. The number of benzene rings is 2. The van der Waals surface area contributed by atoms with Gasteiger partial charge in [0.05, 0.1) is 24.3 Å². The van der Waals surface area contributed by atoms with Gasteiger partial charge in [-0.25, -0.2) is 0 Å². The Morgan fingerprint density at radius 3 is 2.36 bits per heavy atom. The maximum Gasteiger partial charge on any atom is 0.295 e. The number of hydrogen-bond donors (Lipinski definition) is 1. The molecule has 0 aromatic heterocycles. The van der Waals surface area contributed by atoms with Gasteiger partial charge in [-0.1, -0.05) is 49.7 Å². The first-order chi connectivity index (χ1) is 15.6. The van der Waals surface area contributed by atoms with E-state index in [-0.39, 0.29) is 11.3 Å². The van der Waals surface area contributed by atoms with Crippen molar-refractivity contribution < 1.29 is 19.4 Å². The fraction of sp³-hybridized carbons (Fsp3) is 0.407. The number of aryl methyl sites for hydroxylation is 1. The zero-order valence-electron chi connectivity index (χ0n) is 20.4. The van der Waals surface area contributed by atoms with E-state index < -0.39 is 17.7 Å². The number of ether oxygens (including phenoxy) is 1. The van der Waals surface area contributed by atoms with Crippen molar-refractivity contribution in [1.82, 2.24) is 9.80 Å². The number of ketones is 1. The second kappa shape index (κ2) is 10.2. The van der Waals surface area contributed by atoms with Gasteiger partial charge in [-0.15, -0.1) is 0 Å². The first-order valence-electron chi connectivity index (χ1n) is 11.3. The minimum Gasteiger partial charge on any atom is -0.507 e. The van der Waals surface area contributed by atoms with E-state index >= 15 is 0 Å². The highest BCUT2D eigenvalue weighted by Gasteiger charge is 2.46. The van der Waals surface area contributed by atoms with Gasteiger partial charge in [-0.05, 0) is 63.2 Å². The molecule has 1 unspecified atom stereocenters. The molecule has 176 valence electrons. The Hall–Kier alpha value is -3.12. The lowest BCUT2D eigenvalue weighted by molar-refractivity contribution is -0.139. The van der Waals surface area contributed by atoms with E-state index in [0.717, 1.165) is 17.7 Å². The molecule has 1 aliphatic heterocycles. The van der Waals surface area contributed by atoms with Gasteiger partial charge in [0, 0.05) is 6.54 Å². The van der Waals surface area contributed by atoms with Gasteiger partial charge in [-0.2, -0.15) is 0 Å². The number of aliphatic hydroxyl groups is 1. The number of Topliss-reactive ketones (excluding diaryl/α,β-unsaturated/α-hetero) is 1. The van der Waals surface area contributed by atoms with E-state index in [0.29, 0.717) is 30.2 Å². The van der Waals surface area contributed by atoms with Gasteiger partial charge in [0.2, 0.25) is 0 Å². The molecule has 1 atom stereocenters. The molecule has 0 aliphatic carbocycles. The third-order valence-electron chi connectivity index (χ3n) is 6.07. The number of aliphatic hydroxyl groups excluding tert-OH is 1. The van der Waals surface area contributed by atoms with E-state index in [9.17, 15) is 14.7 Å². The van der Waals surface area contributed by atoms with Crippen molar-refractivity contribution in [1.29, 1.82) is 0 Å². The van der Waals surface area contributed by atoms with Crippen LogP contribution in [0.25, 0.3) is 5.76 Å². The lowest BCUT2D eigenvalue weighted by atomic mass is 9.92. The molecular formula is C27H34N2O4. The highest BCUT2D eigenvalue weighted by Crippen LogP contribution is 2.41. The molecule has 2 aromatic rings. The standard InChI is InChI=1S/C27H34N2O4/c1-17(2)19-9-11-20(12-10-19)24-23(25(30)21-16-18(3)8-13-22(21)33-6)26(31)27(32)29(24)15-7-14-28(4)5/h8-13,16-17,24,30H,7,14-15H2,1-6H3/b25-23+. The summed E-state index contributed by atoms with van der Waals surface area (Å²) in [5, 5.41) is 11.3. The molecule has 3 rings (SSSR count). The van der Waals surface area contributed by atoms with E-state index in [1.54, 1.807) is 17.0 Å². The van der Waals surface area contributed by atoms with Crippen molar-refractivity contribution in [2.75, 3.05) is 34.3 Å². The number of carbonyl (C=O) groups is 2. The minimum absolute atomic E-state index is 0.103.